The molecule has 2 heterocycles. The molecule has 18 heavy (non-hydrogen) atoms. The van der Waals surface area contributed by atoms with Gasteiger partial charge in [-0.2, -0.15) is 0 Å². The molecule has 1 aliphatic heterocycles. The van der Waals surface area contributed by atoms with Gasteiger partial charge in [0.2, 0.25) is 0 Å². The predicted molar refractivity (Wildman–Crippen MR) is 64.8 cm³/mol. The second-order valence-corrected chi connectivity index (χ2v) is 5.15. The molecule has 2 N–H and O–H groups in total. The third kappa shape index (κ3) is 2.59. The maximum absolute atomic E-state index is 12.2. The zero-order valence-corrected chi connectivity index (χ0v) is 10.4. The molecule has 1 aliphatic rings. The van der Waals surface area contributed by atoms with Gasteiger partial charge in [-0.1, -0.05) is 0 Å². The van der Waals surface area contributed by atoms with Crippen LogP contribution in [0.25, 0.3) is 0 Å². The van der Waals surface area contributed by atoms with E-state index in [4.69, 9.17) is 4.74 Å². The van der Waals surface area contributed by atoms with Crippen LogP contribution in [0.4, 0.5) is 0 Å². The highest BCUT2D eigenvalue weighted by molar-refractivity contribution is 5.97. The lowest BCUT2D eigenvalue weighted by molar-refractivity contribution is -0.0664. The van der Waals surface area contributed by atoms with E-state index in [0.29, 0.717) is 19.4 Å². The first-order chi connectivity index (χ1) is 8.39. The number of ketones is 1. The maximum atomic E-state index is 12.2. The molecule has 0 amide bonds. The molecule has 1 aromatic heterocycles. The minimum Gasteiger partial charge on any atom is -0.376 e. The Kier molecular flexibility index (Phi) is 3.21. The standard InChI is InChI=1S/C12H16N2O4/c1-12(2)5-7(3-4-18-12)9(15)8-6-13-11(17)14-10(8)16/h6-7H,3-5H2,1-2H3,(H2,13,14,16,17). The lowest BCUT2D eigenvalue weighted by atomic mass is 9.84. The van der Waals surface area contributed by atoms with Gasteiger partial charge in [-0.3, -0.25) is 14.6 Å². The summed E-state index contributed by atoms with van der Waals surface area (Å²) in [7, 11) is 0. The molecule has 0 saturated carbocycles. The molecule has 0 aromatic carbocycles. The fraction of sp³-hybridized carbons (Fsp3) is 0.583. The second kappa shape index (κ2) is 4.53. The molecule has 1 fully saturated rings. The number of aromatic amines is 2. The lowest BCUT2D eigenvalue weighted by Gasteiger charge is -2.34. The van der Waals surface area contributed by atoms with Crippen molar-refractivity contribution in [1.82, 2.24) is 9.97 Å². The minimum absolute atomic E-state index is 0.0114. The Balaban J connectivity index is 2.26. The molecule has 0 spiro atoms. The third-order valence-electron chi connectivity index (χ3n) is 3.15. The smallest absolute Gasteiger partial charge is 0.325 e. The van der Waals surface area contributed by atoms with Crippen molar-refractivity contribution in [2.75, 3.05) is 6.61 Å². The van der Waals surface area contributed by atoms with E-state index in [1.807, 2.05) is 13.8 Å². The fourth-order valence-corrected chi connectivity index (χ4v) is 2.27. The van der Waals surface area contributed by atoms with Crippen LogP contribution in [-0.2, 0) is 4.74 Å². The molecule has 1 saturated heterocycles. The molecule has 0 bridgehead atoms. The van der Waals surface area contributed by atoms with Gasteiger partial charge >= 0.3 is 5.69 Å². The summed E-state index contributed by atoms with van der Waals surface area (Å²) in [6.45, 7) is 4.34. The molecule has 0 aliphatic carbocycles. The number of carbonyl (C=O) groups is 1. The average molecular weight is 252 g/mol. The van der Waals surface area contributed by atoms with Crippen molar-refractivity contribution in [1.29, 1.82) is 0 Å². The summed E-state index contributed by atoms with van der Waals surface area (Å²) in [5.74, 6) is -0.468. The molecule has 1 unspecified atom stereocenters. The molecule has 1 atom stereocenters. The van der Waals surface area contributed by atoms with Gasteiger partial charge in [-0.05, 0) is 26.7 Å². The van der Waals surface area contributed by atoms with Crippen molar-refractivity contribution in [2.24, 2.45) is 5.92 Å². The summed E-state index contributed by atoms with van der Waals surface area (Å²) in [6, 6.07) is 0. The van der Waals surface area contributed by atoms with Gasteiger partial charge < -0.3 is 9.72 Å². The summed E-state index contributed by atoms with van der Waals surface area (Å²) in [4.78, 5) is 39.1. The Labute approximate surface area is 103 Å². The summed E-state index contributed by atoms with van der Waals surface area (Å²) >= 11 is 0. The number of carbonyl (C=O) groups excluding carboxylic acids is 1. The zero-order chi connectivity index (χ0) is 13.3. The molecule has 2 rings (SSSR count). The van der Waals surface area contributed by atoms with E-state index in [2.05, 4.69) is 9.97 Å². The molecule has 6 nitrogen and oxygen atoms in total. The number of H-pyrrole nitrogens is 2. The second-order valence-electron chi connectivity index (χ2n) is 5.15. The third-order valence-corrected chi connectivity index (χ3v) is 3.15. The van der Waals surface area contributed by atoms with Gasteiger partial charge in [0, 0.05) is 18.7 Å². The topological polar surface area (TPSA) is 92.0 Å². The minimum atomic E-state index is -0.631. The van der Waals surface area contributed by atoms with E-state index in [0.717, 1.165) is 0 Å². The highest BCUT2D eigenvalue weighted by atomic mass is 16.5. The number of hydrogen-bond donors (Lipinski definition) is 2. The Bertz CT molecular complexity index is 570. The van der Waals surface area contributed by atoms with Crippen LogP contribution in [-0.4, -0.2) is 28.0 Å². The van der Waals surface area contributed by atoms with Crippen LogP contribution >= 0.6 is 0 Å². The summed E-state index contributed by atoms with van der Waals surface area (Å²) in [6.07, 6.45) is 2.36. The first-order valence-corrected chi connectivity index (χ1v) is 5.89. The van der Waals surface area contributed by atoms with Gasteiger partial charge in [0.15, 0.2) is 5.78 Å². The first kappa shape index (κ1) is 12.8. The Morgan fingerprint density at radius 2 is 2.17 bits per heavy atom. The van der Waals surface area contributed by atoms with Crippen LogP contribution in [0.15, 0.2) is 15.8 Å². The number of Topliss-reactive ketones (excluding diaryl/α,β-unsaturated/α-hetero) is 1. The number of ether oxygens (including phenoxy) is 1. The quantitative estimate of drug-likeness (QED) is 0.747. The van der Waals surface area contributed by atoms with Gasteiger partial charge in [0.05, 0.1) is 11.2 Å². The highest BCUT2D eigenvalue weighted by Crippen LogP contribution is 2.30. The van der Waals surface area contributed by atoms with Gasteiger partial charge in [-0.15, -0.1) is 0 Å². The average Bonchev–Trinajstić information content (AvgIpc) is 2.27. The number of aromatic nitrogens is 2. The van der Waals surface area contributed by atoms with Gasteiger partial charge in [0.1, 0.15) is 0 Å². The predicted octanol–water partition coefficient (Wildman–Crippen LogP) is 0.451. The SMILES string of the molecule is CC1(C)CC(C(=O)c2c[nH]c(=O)[nH]c2=O)CCO1. The molecule has 98 valence electrons. The van der Waals surface area contributed by atoms with Crippen molar-refractivity contribution in [3.05, 3.63) is 32.6 Å². The van der Waals surface area contributed by atoms with E-state index in [9.17, 15) is 14.4 Å². The maximum Gasteiger partial charge on any atom is 0.325 e. The van der Waals surface area contributed by atoms with E-state index < -0.39 is 11.2 Å². The monoisotopic (exact) mass is 252 g/mol. The van der Waals surface area contributed by atoms with E-state index in [1.54, 1.807) is 0 Å². The molecule has 6 heteroatoms. The highest BCUT2D eigenvalue weighted by Gasteiger charge is 2.34. The fourth-order valence-electron chi connectivity index (χ4n) is 2.27. The summed E-state index contributed by atoms with van der Waals surface area (Å²) < 4.78 is 5.53. The Morgan fingerprint density at radius 3 is 2.78 bits per heavy atom. The van der Waals surface area contributed by atoms with Crippen molar-refractivity contribution < 1.29 is 9.53 Å². The van der Waals surface area contributed by atoms with E-state index >= 15 is 0 Å². The first-order valence-electron chi connectivity index (χ1n) is 5.89. The Hall–Kier alpha value is -1.69. The van der Waals surface area contributed by atoms with Gasteiger partial charge in [0.25, 0.3) is 5.56 Å². The van der Waals surface area contributed by atoms with Crippen LogP contribution in [0.3, 0.4) is 0 Å². The van der Waals surface area contributed by atoms with Gasteiger partial charge in [-0.25, -0.2) is 4.79 Å². The van der Waals surface area contributed by atoms with Crippen molar-refractivity contribution in [2.45, 2.75) is 32.3 Å². The van der Waals surface area contributed by atoms with Crippen molar-refractivity contribution >= 4 is 5.78 Å². The van der Waals surface area contributed by atoms with Crippen LogP contribution in [0, 0.1) is 5.92 Å². The van der Waals surface area contributed by atoms with Crippen LogP contribution in [0.2, 0.25) is 0 Å². The molecular formula is C12H16N2O4. The molecule has 0 radical (unpaired) electrons. The summed E-state index contributed by atoms with van der Waals surface area (Å²) in [5.41, 5.74) is -1.58. The van der Waals surface area contributed by atoms with Crippen LogP contribution < -0.4 is 11.2 Å². The lowest BCUT2D eigenvalue weighted by Crippen LogP contribution is -2.39. The summed E-state index contributed by atoms with van der Waals surface area (Å²) in [5, 5.41) is 0. The normalized spacial score (nSPS) is 22.7. The number of hydrogen-bond acceptors (Lipinski definition) is 4. The van der Waals surface area contributed by atoms with Crippen molar-refractivity contribution in [3.8, 4) is 0 Å². The number of rotatable bonds is 2. The molecular weight excluding hydrogens is 236 g/mol. The zero-order valence-electron chi connectivity index (χ0n) is 10.4. The number of nitrogens with one attached hydrogen (secondary N) is 2. The van der Waals surface area contributed by atoms with Crippen LogP contribution in [0.5, 0.6) is 0 Å². The van der Waals surface area contributed by atoms with Crippen LogP contribution in [0.1, 0.15) is 37.0 Å². The van der Waals surface area contributed by atoms with E-state index in [1.165, 1.54) is 6.20 Å². The van der Waals surface area contributed by atoms with Crippen molar-refractivity contribution in [3.63, 3.8) is 0 Å². The molecule has 1 aromatic rings. The van der Waals surface area contributed by atoms with E-state index in [-0.39, 0.29) is 22.9 Å². The largest absolute Gasteiger partial charge is 0.376 e. The Morgan fingerprint density at radius 1 is 1.44 bits per heavy atom.